The summed E-state index contributed by atoms with van der Waals surface area (Å²) in [7, 11) is 1.54. The molecule has 0 radical (unpaired) electrons. The van der Waals surface area contributed by atoms with Crippen LogP contribution in [0.2, 0.25) is 0 Å². The Hall–Kier alpha value is -1.72. The lowest BCUT2D eigenvalue weighted by Gasteiger charge is -2.08. The first-order valence-corrected chi connectivity index (χ1v) is 5.37. The van der Waals surface area contributed by atoms with Crippen LogP contribution >= 0.6 is 0 Å². The number of ether oxygens (including phenoxy) is 1. The topological polar surface area (TPSA) is 38.3 Å². The average molecular weight is 261 g/mol. The van der Waals surface area contributed by atoms with Gasteiger partial charge >= 0.3 is 6.18 Å². The number of aryl methyl sites for hydroxylation is 1. The summed E-state index contributed by atoms with van der Waals surface area (Å²) in [6, 6.07) is 7.03. The van der Waals surface area contributed by atoms with Gasteiger partial charge in [0.05, 0.1) is 7.11 Å². The Balaban J connectivity index is 2.33. The van der Waals surface area contributed by atoms with Gasteiger partial charge in [0.2, 0.25) is 5.91 Å². The lowest BCUT2D eigenvalue weighted by Crippen LogP contribution is -2.33. The zero-order valence-electron chi connectivity index (χ0n) is 9.88. The van der Waals surface area contributed by atoms with Gasteiger partial charge < -0.3 is 10.1 Å². The second-order valence-electron chi connectivity index (χ2n) is 3.74. The summed E-state index contributed by atoms with van der Waals surface area (Å²) >= 11 is 0. The summed E-state index contributed by atoms with van der Waals surface area (Å²) in [5.74, 6) is 0.0865. The van der Waals surface area contributed by atoms with Crippen molar-refractivity contribution in [2.75, 3.05) is 13.7 Å². The number of hydrogen-bond acceptors (Lipinski definition) is 2. The maximum atomic E-state index is 11.8. The van der Waals surface area contributed by atoms with Crippen LogP contribution in [-0.2, 0) is 11.2 Å². The van der Waals surface area contributed by atoms with Crippen molar-refractivity contribution in [3.8, 4) is 5.75 Å². The molecule has 0 heterocycles. The van der Waals surface area contributed by atoms with E-state index >= 15 is 0 Å². The molecule has 100 valence electrons. The fraction of sp³-hybridized carbons (Fsp3) is 0.417. The quantitative estimate of drug-likeness (QED) is 0.883. The molecule has 0 fully saturated rings. The Bertz CT molecular complexity index is 387. The molecule has 3 nitrogen and oxygen atoms in total. The lowest BCUT2D eigenvalue weighted by atomic mass is 10.1. The first-order valence-electron chi connectivity index (χ1n) is 5.37. The van der Waals surface area contributed by atoms with E-state index in [4.69, 9.17) is 4.74 Å². The van der Waals surface area contributed by atoms with Crippen LogP contribution in [0.15, 0.2) is 24.3 Å². The number of benzene rings is 1. The predicted molar refractivity (Wildman–Crippen MR) is 60.4 cm³/mol. The zero-order chi connectivity index (χ0) is 13.6. The molecule has 0 aliphatic rings. The van der Waals surface area contributed by atoms with Crippen LogP contribution in [0.5, 0.6) is 5.75 Å². The van der Waals surface area contributed by atoms with Crippen molar-refractivity contribution in [2.24, 2.45) is 0 Å². The lowest BCUT2D eigenvalue weighted by molar-refractivity contribution is -0.138. The van der Waals surface area contributed by atoms with Gasteiger partial charge in [-0.1, -0.05) is 12.1 Å². The molecule has 0 atom stereocenters. The summed E-state index contributed by atoms with van der Waals surface area (Å²) in [5.41, 5.74) is 0.873. The van der Waals surface area contributed by atoms with Gasteiger partial charge in [-0.25, -0.2) is 0 Å². The highest BCUT2D eigenvalue weighted by atomic mass is 19.4. The Kier molecular flexibility index (Phi) is 5.00. The molecule has 1 aromatic carbocycles. The number of carbonyl (C=O) groups excluding carboxylic acids is 1. The highest BCUT2D eigenvalue weighted by Crippen LogP contribution is 2.14. The summed E-state index contributed by atoms with van der Waals surface area (Å²) in [5, 5.41) is 1.83. The number of hydrogen-bond donors (Lipinski definition) is 1. The van der Waals surface area contributed by atoms with Crippen molar-refractivity contribution < 1.29 is 22.7 Å². The van der Waals surface area contributed by atoms with E-state index in [1.165, 1.54) is 0 Å². The second-order valence-corrected chi connectivity index (χ2v) is 3.74. The van der Waals surface area contributed by atoms with Crippen LogP contribution in [0.3, 0.4) is 0 Å². The van der Waals surface area contributed by atoms with Crippen molar-refractivity contribution in [1.29, 1.82) is 0 Å². The minimum atomic E-state index is -4.37. The minimum Gasteiger partial charge on any atom is -0.497 e. The molecule has 0 bridgehead atoms. The summed E-state index contributed by atoms with van der Waals surface area (Å²) in [6.45, 7) is -1.28. The molecule has 0 saturated carbocycles. The SMILES string of the molecule is COc1ccc(CCC(=O)NCC(F)(F)F)cc1. The molecule has 0 saturated heterocycles. The number of amides is 1. The molecule has 0 aromatic heterocycles. The van der Waals surface area contributed by atoms with Crippen LogP contribution in [0.1, 0.15) is 12.0 Å². The van der Waals surface area contributed by atoms with Crippen molar-refractivity contribution in [3.63, 3.8) is 0 Å². The summed E-state index contributed by atoms with van der Waals surface area (Å²) in [6.07, 6.45) is -3.94. The van der Waals surface area contributed by atoms with Crippen LogP contribution in [-0.4, -0.2) is 25.7 Å². The number of nitrogens with one attached hydrogen (secondary N) is 1. The monoisotopic (exact) mass is 261 g/mol. The molecule has 18 heavy (non-hydrogen) atoms. The number of alkyl halides is 3. The summed E-state index contributed by atoms with van der Waals surface area (Å²) < 4.78 is 40.5. The Morgan fingerprint density at radius 2 is 1.89 bits per heavy atom. The van der Waals surface area contributed by atoms with Gasteiger partial charge in [-0.2, -0.15) is 13.2 Å². The van der Waals surface area contributed by atoms with E-state index in [9.17, 15) is 18.0 Å². The minimum absolute atomic E-state index is 0.0302. The predicted octanol–water partition coefficient (Wildman–Crippen LogP) is 2.31. The van der Waals surface area contributed by atoms with Gasteiger partial charge in [-0.3, -0.25) is 4.79 Å². The molecule has 6 heteroatoms. The third-order valence-electron chi connectivity index (χ3n) is 2.29. The van der Waals surface area contributed by atoms with E-state index in [-0.39, 0.29) is 6.42 Å². The second kappa shape index (κ2) is 6.28. The van der Waals surface area contributed by atoms with Crippen molar-refractivity contribution in [1.82, 2.24) is 5.32 Å². The van der Waals surface area contributed by atoms with E-state index in [1.807, 2.05) is 5.32 Å². The highest BCUT2D eigenvalue weighted by Gasteiger charge is 2.27. The normalized spacial score (nSPS) is 11.1. The molecular formula is C12H14F3NO2. The molecule has 1 aromatic rings. The van der Waals surface area contributed by atoms with Gasteiger partial charge in [-0.05, 0) is 24.1 Å². The van der Waals surface area contributed by atoms with Gasteiger partial charge in [0, 0.05) is 6.42 Å². The molecule has 0 aliphatic carbocycles. The molecular weight excluding hydrogens is 247 g/mol. The van der Waals surface area contributed by atoms with E-state index in [0.717, 1.165) is 5.56 Å². The fourth-order valence-corrected chi connectivity index (χ4v) is 1.34. The molecule has 0 aliphatic heterocycles. The molecule has 1 rings (SSSR count). The largest absolute Gasteiger partial charge is 0.497 e. The van der Waals surface area contributed by atoms with Crippen LogP contribution in [0.4, 0.5) is 13.2 Å². The number of rotatable bonds is 5. The van der Waals surface area contributed by atoms with Gasteiger partial charge in [0.15, 0.2) is 0 Å². The van der Waals surface area contributed by atoms with Crippen molar-refractivity contribution in [2.45, 2.75) is 19.0 Å². The Labute approximate surface area is 103 Å². The third kappa shape index (κ3) is 5.56. The summed E-state index contributed by atoms with van der Waals surface area (Å²) in [4.78, 5) is 11.2. The van der Waals surface area contributed by atoms with Gasteiger partial charge in [-0.15, -0.1) is 0 Å². The number of methoxy groups -OCH3 is 1. The molecule has 1 amide bonds. The van der Waals surface area contributed by atoms with Crippen molar-refractivity contribution >= 4 is 5.91 Å². The van der Waals surface area contributed by atoms with E-state index < -0.39 is 18.6 Å². The maximum Gasteiger partial charge on any atom is 0.405 e. The van der Waals surface area contributed by atoms with E-state index in [2.05, 4.69) is 0 Å². The van der Waals surface area contributed by atoms with Gasteiger partial charge in [0.25, 0.3) is 0 Å². The third-order valence-corrected chi connectivity index (χ3v) is 2.29. The maximum absolute atomic E-state index is 11.8. The first-order chi connectivity index (χ1) is 8.40. The molecule has 0 unspecified atom stereocenters. The number of carbonyl (C=O) groups is 1. The number of halogens is 3. The van der Waals surface area contributed by atoms with Crippen LogP contribution in [0.25, 0.3) is 0 Å². The molecule has 0 spiro atoms. The van der Waals surface area contributed by atoms with E-state index in [0.29, 0.717) is 12.2 Å². The standard InChI is InChI=1S/C12H14F3NO2/c1-18-10-5-2-9(3-6-10)4-7-11(17)16-8-12(13,14)15/h2-3,5-6H,4,7-8H2,1H3,(H,16,17). The van der Waals surface area contributed by atoms with Gasteiger partial charge in [0.1, 0.15) is 12.3 Å². The zero-order valence-corrected chi connectivity index (χ0v) is 9.88. The van der Waals surface area contributed by atoms with Crippen LogP contribution < -0.4 is 10.1 Å². The van der Waals surface area contributed by atoms with Crippen LogP contribution in [0, 0.1) is 0 Å². The fourth-order valence-electron chi connectivity index (χ4n) is 1.34. The smallest absolute Gasteiger partial charge is 0.405 e. The average Bonchev–Trinajstić information content (AvgIpc) is 2.33. The van der Waals surface area contributed by atoms with E-state index in [1.54, 1.807) is 31.4 Å². The first kappa shape index (κ1) is 14.3. The Morgan fingerprint density at radius 1 is 1.28 bits per heavy atom. The van der Waals surface area contributed by atoms with Crippen molar-refractivity contribution in [3.05, 3.63) is 29.8 Å². The Morgan fingerprint density at radius 3 is 2.39 bits per heavy atom. The molecule has 1 N–H and O–H groups in total. The highest BCUT2D eigenvalue weighted by molar-refractivity contribution is 5.76.